The number of halogens is 3. The van der Waals surface area contributed by atoms with Gasteiger partial charge in [-0.05, 0) is 24.9 Å². The molecule has 1 amide bonds. The van der Waals surface area contributed by atoms with E-state index in [1.165, 1.54) is 12.3 Å². The molecule has 10 nitrogen and oxygen atoms in total. The number of carbonyl (C=O) groups is 1. The second kappa shape index (κ2) is 18.0. The number of amides is 1. The SMILES string of the molecule is C.S.S.[C-]#[N+]C[C@H]1CN(c2nc(OC[C@@H]3C[C@@H](F)CN3C)nc3c(F)c(-c4cccc5cccc(Cl)c45)ncc23)CCN1C(=O)/C=C/COC. The van der Waals surface area contributed by atoms with Gasteiger partial charge in [-0.1, -0.05) is 55.4 Å². The van der Waals surface area contributed by atoms with E-state index in [0.29, 0.717) is 59.8 Å². The van der Waals surface area contributed by atoms with Crippen LogP contribution in [0.1, 0.15) is 13.8 Å². The quantitative estimate of drug-likeness (QED) is 0.151. The van der Waals surface area contributed by atoms with Gasteiger partial charge in [-0.3, -0.25) is 14.7 Å². The van der Waals surface area contributed by atoms with Crippen LogP contribution in [-0.2, 0) is 9.53 Å². The third-order valence-electron chi connectivity index (χ3n) is 8.69. The Morgan fingerprint density at radius 3 is 2.60 bits per heavy atom. The van der Waals surface area contributed by atoms with Crippen LogP contribution in [0.4, 0.5) is 14.6 Å². The van der Waals surface area contributed by atoms with Crippen molar-refractivity contribution in [1.82, 2.24) is 24.8 Å². The molecule has 0 saturated carbocycles. The van der Waals surface area contributed by atoms with Gasteiger partial charge >= 0.3 is 6.01 Å². The van der Waals surface area contributed by atoms with Gasteiger partial charge in [0.15, 0.2) is 5.82 Å². The molecular weight excluding hydrogens is 704 g/mol. The topological polar surface area (TPSA) is 88.3 Å². The minimum atomic E-state index is -0.956. The van der Waals surface area contributed by atoms with Gasteiger partial charge in [0.1, 0.15) is 35.8 Å². The van der Waals surface area contributed by atoms with Crippen LogP contribution in [0.15, 0.2) is 54.7 Å². The summed E-state index contributed by atoms with van der Waals surface area (Å²) < 4.78 is 41.8. The lowest BCUT2D eigenvalue weighted by Crippen LogP contribution is -2.56. The van der Waals surface area contributed by atoms with Crippen molar-refractivity contribution in [3.63, 3.8) is 0 Å². The summed E-state index contributed by atoms with van der Waals surface area (Å²) >= 11 is 6.58. The third kappa shape index (κ3) is 8.41. The molecule has 0 radical (unpaired) electrons. The number of benzene rings is 2. The number of likely N-dealkylation sites (tertiary alicyclic amines) is 1. The fraction of sp³-hybridized carbons (Fsp3) is 0.400. The number of aromatic nitrogens is 3. The summed E-state index contributed by atoms with van der Waals surface area (Å²) in [7, 11) is 3.37. The van der Waals surface area contributed by atoms with Crippen molar-refractivity contribution in [3.8, 4) is 17.3 Å². The highest BCUT2D eigenvalue weighted by Crippen LogP contribution is 2.37. The highest BCUT2D eigenvalue weighted by molar-refractivity contribution is 7.59. The second-order valence-corrected chi connectivity index (χ2v) is 12.1. The van der Waals surface area contributed by atoms with Crippen molar-refractivity contribution in [1.29, 1.82) is 0 Å². The molecule has 0 spiro atoms. The predicted molar refractivity (Wildman–Crippen MR) is 204 cm³/mol. The lowest BCUT2D eigenvalue weighted by atomic mass is 10.0. The Balaban J connectivity index is 0.00000225. The van der Waals surface area contributed by atoms with E-state index in [4.69, 9.17) is 32.6 Å². The van der Waals surface area contributed by atoms with Gasteiger partial charge < -0.3 is 24.1 Å². The van der Waals surface area contributed by atoms with Crippen molar-refractivity contribution >= 4 is 72.0 Å². The van der Waals surface area contributed by atoms with Gasteiger partial charge in [0.2, 0.25) is 12.5 Å². The number of anilines is 1. The number of hydrogen-bond acceptors (Lipinski definition) is 8. The van der Waals surface area contributed by atoms with Crippen LogP contribution >= 0.6 is 38.6 Å². The van der Waals surface area contributed by atoms with Crippen molar-refractivity contribution in [2.45, 2.75) is 32.1 Å². The van der Waals surface area contributed by atoms with Gasteiger partial charge in [-0.25, -0.2) is 15.4 Å². The molecule has 0 bridgehead atoms. The zero-order valence-electron chi connectivity index (χ0n) is 27.1. The average Bonchev–Trinajstić information content (AvgIpc) is 3.40. The molecule has 3 atom stereocenters. The fourth-order valence-corrected chi connectivity index (χ4v) is 6.61. The molecule has 0 N–H and O–H groups in total. The molecule has 268 valence electrons. The molecule has 6 rings (SSSR count). The van der Waals surface area contributed by atoms with Gasteiger partial charge in [0, 0.05) is 67.6 Å². The van der Waals surface area contributed by atoms with Crippen LogP contribution in [0.3, 0.4) is 0 Å². The van der Waals surface area contributed by atoms with Crippen LogP contribution in [0.25, 0.3) is 37.8 Å². The highest BCUT2D eigenvalue weighted by Gasteiger charge is 2.34. The molecule has 4 aromatic rings. The third-order valence-corrected chi connectivity index (χ3v) is 9.00. The summed E-state index contributed by atoms with van der Waals surface area (Å²) in [6, 6.07) is 10.3. The Morgan fingerprint density at radius 2 is 1.90 bits per heavy atom. The van der Waals surface area contributed by atoms with E-state index in [-0.39, 0.29) is 83.3 Å². The van der Waals surface area contributed by atoms with Crippen molar-refractivity contribution in [2.24, 2.45) is 0 Å². The summed E-state index contributed by atoms with van der Waals surface area (Å²) in [5.41, 5.74) is 0.596. The van der Waals surface area contributed by atoms with Crippen LogP contribution in [0.5, 0.6) is 6.01 Å². The summed E-state index contributed by atoms with van der Waals surface area (Å²) in [5.74, 6) is -0.510. The van der Waals surface area contributed by atoms with Crippen molar-refractivity contribution in [3.05, 3.63) is 77.0 Å². The first-order valence-electron chi connectivity index (χ1n) is 15.3. The number of ether oxygens (including phenoxy) is 2. The molecule has 4 heterocycles. The largest absolute Gasteiger partial charge is 0.462 e. The predicted octanol–water partition coefficient (Wildman–Crippen LogP) is 6.06. The number of pyridine rings is 1. The van der Waals surface area contributed by atoms with Crippen LogP contribution < -0.4 is 9.64 Å². The lowest BCUT2D eigenvalue weighted by Gasteiger charge is -2.39. The molecule has 15 heteroatoms. The first-order chi connectivity index (χ1) is 22.8. The van der Waals surface area contributed by atoms with E-state index in [1.54, 1.807) is 30.2 Å². The summed E-state index contributed by atoms with van der Waals surface area (Å²) in [6.45, 7) is 9.27. The summed E-state index contributed by atoms with van der Waals surface area (Å²) in [6.07, 6.45) is 3.98. The molecule has 2 aliphatic heterocycles. The van der Waals surface area contributed by atoms with E-state index in [0.717, 1.165) is 5.39 Å². The smallest absolute Gasteiger partial charge is 0.319 e. The zero-order chi connectivity index (χ0) is 33.1. The van der Waals surface area contributed by atoms with E-state index < -0.39 is 18.0 Å². The molecule has 2 aliphatic rings. The molecular formula is C35H42ClF2N7O3S2. The molecule has 2 aromatic heterocycles. The number of piperazine rings is 1. The Hall–Kier alpha value is -3.74. The molecule has 2 saturated heterocycles. The monoisotopic (exact) mass is 745 g/mol. The second-order valence-electron chi connectivity index (χ2n) is 11.7. The van der Waals surface area contributed by atoms with Crippen LogP contribution in [0, 0.1) is 12.4 Å². The summed E-state index contributed by atoms with van der Waals surface area (Å²) in [5, 5.41) is 2.33. The van der Waals surface area contributed by atoms with Crippen molar-refractivity contribution < 1.29 is 23.0 Å². The number of rotatable bonds is 9. The standard InChI is InChI=1S/C34H34ClF2N7O3.CH4.2H2S/c1-38-16-24-19-43(12-13-44(24)28(45)11-6-14-46-3)33-26-17-39-31(25-9-4-7-21-8-5-10-27(35)29(21)25)30(37)32(26)40-34(41-33)47-20-23-15-22(36)18-42(23)2;;;/h4-11,17,22-24H,12-16,18-20H2,2-3H3;1H4;2*1H2/b11-6+;;;/t22-,23+,24+;;;/m1.../s1. The number of likely N-dealkylation sites (N-methyl/N-ethyl adjacent to an activating group) is 1. The number of carbonyl (C=O) groups excluding carboxylic acids is 1. The minimum Gasteiger partial charge on any atom is -0.462 e. The minimum absolute atomic E-state index is 0. The van der Waals surface area contributed by atoms with Gasteiger partial charge in [0.05, 0.1) is 12.0 Å². The molecule has 2 aromatic carbocycles. The lowest BCUT2D eigenvalue weighted by molar-refractivity contribution is -0.128. The van der Waals surface area contributed by atoms with Gasteiger partial charge in [0.25, 0.3) is 0 Å². The number of fused-ring (bicyclic) bond motifs is 2. The Bertz CT molecular complexity index is 1880. The normalized spacial score (nSPS) is 19.2. The maximum Gasteiger partial charge on any atom is 0.319 e. The zero-order valence-corrected chi connectivity index (χ0v) is 29.8. The number of alkyl halides is 1. The average molecular weight is 746 g/mol. The fourth-order valence-electron chi connectivity index (χ4n) is 6.33. The maximum absolute atomic E-state index is 16.7. The van der Waals surface area contributed by atoms with Crippen LogP contribution in [0.2, 0.25) is 5.02 Å². The van der Waals surface area contributed by atoms with E-state index in [1.807, 2.05) is 41.1 Å². The molecule has 50 heavy (non-hydrogen) atoms. The molecule has 0 aliphatic carbocycles. The Kier molecular flexibility index (Phi) is 14.6. The Labute approximate surface area is 310 Å². The molecule has 2 fully saturated rings. The van der Waals surface area contributed by atoms with Crippen LogP contribution in [-0.4, -0.2) is 109 Å². The first kappa shape index (κ1) is 40.7. The summed E-state index contributed by atoms with van der Waals surface area (Å²) in [4.78, 5) is 35.8. The number of nitrogens with zero attached hydrogens (tertiary/aromatic N) is 7. The van der Waals surface area contributed by atoms with E-state index in [9.17, 15) is 9.18 Å². The number of hydrogen-bond donors (Lipinski definition) is 0. The Morgan fingerprint density at radius 1 is 1.14 bits per heavy atom. The van der Waals surface area contributed by atoms with Crippen molar-refractivity contribution in [2.75, 3.05) is 65.0 Å². The van der Waals surface area contributed by atoms with Gasteiger partial charge in [-0.15, -0.1) is 0 Å². The maximum atomic E-state index is 16.7. The van der Waals surface area contributed by atoms with E-state index in [2.05, 4.69) is 14.8 Å². The molecule has 0 unspecified atom stereocenters. The van der Waals surface area contributed by atoms with E-state index >= 15 is 4.39 Å². The van der Waals surface area contributed by atoms with Gasteiger partial charge in [-0.2, -0.15) is 37.0 Å². The number of methoxy groups -OCH3 is 1. The highest BCUT2D eigenvalue weighted by atomic mass is 35.5. The first-order valence-corrected chi connectivity index (χ1v) is 15.7.